The number of fused-ring (bicyclic) bond motifs is 2. The Kier molecular flexibility index (Phi) is 4.90. The number of methoxy groups -OCH3 is 1. The smallest absolute Gasteiger partial charge is 0.150 e. The fourth-order valence-electron chi connectivity index (χ4n) is 5.70. The van der Waals surface area contributed by atoms with Crippen molar-refractivity contribution in [1.82, 2.24) is 10.1 Å². The first-order valence-corrected chi connectivity index (χ1v) is 11.0. The van der Waals surface area contributed by atoms with Crippen LogP contribution < -0.4 is 4.74 Å². The highest BCUT2D eigenvalue weighted by Crippen LogP contribution is 2.53. The predicted molar refractivity (Wildman–Crippen MR) is 119 cm³/mol. The number of hydrogen-bond acceptors (Lipinski definition) is 4. The van der Waals surface area contributed by atoms with Crippen LogP contribution >= 0.6 is 0 Å². The van der Waals surface area contributed by atoms with E-state index in [9.17, 15) is 0 Å². The molecule has 2 aromatic carbocycles. The zero-order valence-electron chi connectivity index (χ0n) is 18.3. The molecule has 0 radical (unpaired) electrons. The van der Waals surface area contributed by atoms with Crippen molar-refractivity contribution in [1.29, 1.82) is 0 Å². The second-order valence-electron chi connectivity index (χ2n) is 8.98. The minimum absolute atomic E-state index is 0.301. The van der Waals surface area contributed by atoms with Crippen LogP contribution in [0.2, 0.25) is 0 Å². The summed E-state index contributed by atoms with van der Waals surface area (Å²) in [6, 6.07) is 18.5. The lowest BCUT2D eigenvalue weighted by Crippen LogP contribution is -2.44. The lowest BCUT2D eigenvalue weighted by Gasteiger charge is -2.42. The molecule has 1 aromatic heterocycles. The maximum atomic E-state index is 6.11. The van der Waals surface area contributed by atoms with E-state index in [0.29, 0.717) is 23.9 Å². The predicted octanol–water partition coefficient (Wildman–Crippen LogP) is 5.70. The molecule has 0 saturated carbocycles. The molecule has 2 bridgehead atoms. The first-order valence-electron chi connectivity index (χ1n) is 11.0. The number of piperidine rings is 1. The van der Waals surface area contributed by atoms with Crippen LogP contribution in [0.3, 0.4) is 0 Å². The van der Waals surface area contributed by atoms with Gasteiger partial charge in [0.25, 0.3) is 0 Å². The highest BCUT2D eigenvalue weighted by molar-refractivity contribution is 5.69. The Balaban J connectivity index is 1.62. The van der Waals surface area contributed by atoms with Gasteiger partial charge in [0.1, 0.15) is 11.5 Å². The largest absolute Gasteiger partial charge is 0.497 e. The summed E-state index contributed by atoms with van der Waals surface area (Å²) < 4.78 is 11.5. The van der Waals surface area contributed by atoms with Gasteiger partial charge < -0.3 is 9.26 Å². The molecule has 4 nitrogen and oxygen atoms in total. The van der Waals surface area contributed by atoms with E-state index in [1.165, 1.54) is 30.4 Å². The molecule has 2 aliphatic heterocycles. The van der Waals surface area contributed by atoms with Crippen molar-refractivity contribution in [3.8, 4) is 16.9 Å². The average Bonchev–Trinajstić information content (AvgIpc) is 3.24. The molecule has 0 spiro atoms. The summed E-state index contributed by atoms with van der Waals surface area (Å²) in [4.78, 5) is 2.59. The van der Waals surface area contributed by atoms with Gasteiger partial charge in [0.05, 0.1) is 12.8 Å². The standard InChI is InChI=1S/C26H30N2O2/c1-16-5-7-18(8-6-16)22-15-20-11-14-23(28(20)3)25(22)26-24(17(2)27-30-26)19-9-12-21(29-4)13-10-19/h5-10,12-13,20,22-23,25H,11,14-15H2,1-4H3/t20?,22-,23?,25+/m1/s1. The van der Waals surface area contributed by atoms with Crippen LogP contribution in [-0.2, 0) is 0 Å². The highest BCUT2D eigenvalue weighted by atomic mass is 16.5. The van der Waals surface area contributed by atoms with Gasteiger partial charge in [-0.15, -0.1) is 0 Å². The van der Waals surface area contributed by atoms with Crippen LogP contribution in [0.5, 0.6) is 5.75 Å². The summed E-state index contributed by atoms with van der Waals surface area (Å²) in [7, 11) is 3.99. The van der Waals surface area contributed by atoms with Gasteiger partial charge in [-0.1, -0.05) is 47.1 Å². The SMILES string of the molecule is COc1ccc(-c2c(C)noc2[C@@H]2C3CCC(C[C@@H]2c2ccc(C)cc2)N3C)cc1. The highest BCUT2D eigenvalue weighted by Gasteiger charge is 2.49. The summed E-state index contributed by atoms with van der Waals surface area (Å²) in [6.45, 7) is 4.21. The van der Waals surface area contributed by atoms with Crippen LogP contribution in [0.4, 0.5) is 0 Å². The summed E-state index contributed by atoms with van der Waals surface area (Å²) in [5, 5.41) is 4.44. The molecule has 3 aromatic rings. The van der Waals surface area contributed by atoms with E-state index in [-0.39, 0.29) is 0 Å². The number of hydrogen-bond donors (Lipinski definition) is 0. The lowest BCUT2D eigenvalue weighted by atomic mass is 9.73. The van der Waals surface area contributed by atoms with Crippen LogP contribution in [0.25, 0.3) is 11.1 Å². The summed E-state index contributed by atoms with van der Waals surface area (Å²) in [5.74, 6) is 2.65. The van der Waals surface area contributed by atoms with Crippen molar-refractivity contribution in [2.45, 2.75) is 57.0 Å². The summed E-state index contributed by atoms with van der Waals surface area (Å²) in [6.07, 6.45) is 3.66. The van der Waals surface area contributed by atoms with Gasteiger partial charge >= 0.3 is 0 Å². The second kappa shape index (κ2) is 7.59. The monoisotopic (exact) mass is 402 g/mol. The van der Waals surface area contributed by atoms with Gasteiger partial charge in [0.15, 0.2) is 0 Å². The normalized spacial score (nSPS) is 26.1. The van der Waals surface area contributed by atoms with E-state index >= 15 is 0 Å². The average molecular weight is 403 g/mol. The van der Waals surface area contributed by atoms with E-state index in [2.05, 4.69) is 67.3 Å². The summed E-state index contributed by atoms with van der Waals surface area (Å²) >= 11 is 0. The molecule has 156 valence electrons. The molecule has 0 aliphatic carbocycles. The van der Waals surface area contributed by atoms with Crippen molar-refractivity contribution in [2.75, 3.05) is 14.2 Å². The first kappa shape index (κ1) is 19.4. The Labute approximate surface area is 178 Å². The van der Waals surface area contributed by atoms with Crippen molar-refractivity contribution in [2.24, 2.45) is 0 Å². The van der Waals surface area contributed by atoms with E-state index in [1.807, 2.05) is 12.1 Å². The van der Waals surface area contributed by atoms with E-state index in [0.717, 1.165) is 28.3 Å². The fourth-order valence-corrected chi connectivity index (χ4v) is 5.70. The Morgan fingerprint density at radius 3 is 2.43 bits per heavy atom. The van der Waals surface area contributed by atoms with Crippen molar-refractivity contribution < 1.29 is 9.26 Å². The van der Waals surface area contributed by atoms with Gasteiger partial charge in [0.2, 0.25) is 0 Å². The Bertz CT molecular complexity index is 1020. The number of nitrogens with zero attached hydrogens (tertiary/aromatic N) is 2. The van der Waals surface area contributed by atoms with Gasteiger partial charge in [0, 0.05) is 23.6 Å². The molecular formula is C26H30N2O2. The third-order valence-electron chi connectivity index (χ3n) is 7.34. The molecule has 4 heteroatoms. The quantitative estimate of drug-likeness (QED) is 0.561. The second-order valence-corrected chi connectivity index (χ2v) is 8.98. The number of ether oxygens (including phenoxy) is 1. The van der Waals surface area contributed by atoms with Crippen molar-refractivity contribution in [3.05, 3.63) is 71.1 Å². The Hall–Kier alpha value is -2.59. The van der Waals surface area contributed by atoms with E-state index < -0.39 is 0 Å². The topological polar surface area (TPSA) is 38.5 Å². The zero-order valence-corrected chi connectivity index (χ0v) is 18.3. The number of rotatable bonds is 4. The zero-order chi connectivity index (χ0) is 20.8. The summed E-state index contributed by atoms with van der Waals surface area (Å²) in [5.41, 5.74) is 5.99. The molecule has 2 fully saturated rings. The number of likely N-dealkylation sites (N-methyl/N-ethyl adjacent to an activating group) is 1. The minimum Gasteiger partial charge on any atom is -0.497 e. The molecule has 4 atom stereocenters. The Morgan fingerprint density at radius 1 is 1.00 bits per heavy atom. The third kappa shape index (κ3) is 3.14. The van der Waals surface area contributed by atoms with Crippen LogP contribution in [0.1, 0.15) is 53.7 Å². The van der Waals surface area contributed by atoms with Gasteiger partial charge in [-0.25, -0.2) is 0 Å². The number of aryl methyl sites for hydroxylation is 2. The van der Waals surface area contributed by atoms with E-state index in [4.69, 9.17) is 9.26 Å². The maximum Gasteiger partial charge on any atom is 0.150 e. The van der Waals surface area contributed by atoms with E-state index in [1.54, 1.807) is 7.11 Å². The number of benzene rings is 2. The third-order valence-corrected chi connectivity index (χ3v) is 7.34. The first-order chi connectivity index (χ1) is 14.6. The molecule has 2 unspecified atom stereocenters. The molecule has 5 rings (SSSR count). The Morgan fingerprint density at radius 2 is 1.73 bits per heavy atom. The van der Waals surface area contributed by atoms with Crippen LogP contribution in [-0.4, -0.2) is 36.3 Å². The maximum absolute atomic E-state index is 6.11. The molecule has 0 N–H and O–H groups in total. The molecule has 3 heterocycles. The fraction of sp³-hybridized carbons (Fsp3) is 0.423. The molecule has 2 saturated heterocycles. The number of aromatic nitrogens is 1. The van der Waals surface area contributed by atoms with Gasteiger partial charge in [-0.05, 0) is 69.3 Å². The van der Waals surface area contributed by atoms with Crippen molar-refractivity contribution in [3.63, 3.8) is 0 Å². The lowest BCUT2D eigenvalue weighted by molar-refractivity contribution is 0.122. The minimum atomic E-state index is 0.301. The van der Waals surface area contributed by atoms with Crippen molar-refractivity contribution >= 4 is 0 Å². The van der Waals surface area contributed by atoms with Crippen LogP contribution in [0.15, 0.2) is 53.1 Å². The van der Waals surface area contributed by atoms with Gasteiger partial charge in [-0.2, -0.15) is 0 Å². The molecular weight excluding hydrogens is 372 g/mol. The molecule has 2 aliphatic rings. The molecule has 30 heavy (non-hydrogen) atoms. The van der Waals surface area contributed by atoms with Gasteiger partial charge in [-0.3, -0.25) is 4.90 Å². The van der Waals surface area contributed by atoms with Crippen LogP contribution in [0, 0.1) is 13.8 Å². The molecule has 0 amide bonds.